The standard InChI is InChI=1S/C24H25FN4O5/c1-33-19-9-6-16(25)11-18(19)23(30)27-12-14-4-7-17(8-5-14)29-22(24(31)32)20(26)21(28-29)15-3-2-10-34-13-15/h4-9,11,15H,2-3,10,12-13,26H2,1H3,(H,27,30)(H,31,32). The Bertz CT molecular complexity index is 1200. The number of amides is 1. The van der Waals surface area contributed by atoms with Crippen LogP contribution in [0.1, 0.15) is 50.9 Å². The number of carboxylic acids is 1. The molecule has 1 aromatic heterocycles. The summed E-state index contributed by atoms with van der Waals surface area (Å²) in [5.74, 6) is -1.98. The first kappa shape index (κ1) is 23.2. The van der Waals surface area contributed by atoms with E-state index in [0.29, 0.717) is 24.6 Å². The van der Waals surface area contributed by atoms with E-state index >= 15 is 0 Å². The molecule has 1 fully saturated rings. The van der Waals surface area contributed by atoms with Gasteiger partial charge in [-0.1, -0.05) is 12.1 Å². The average Bonchev–Trinajstić information content (AvgIpc) is 3.20. The van der Waals surface area contributed by atoms with Gasteiger partial charge in [0.2, 0.25) is 0 Å². The number of carbonyl (C=O) groups excluding carboxylic acids is 1. The molecule has 4 N–H and O–H groups in total. The molecule has 1 saturated heterocycles. The van der Waals surface area contributed by atoms with Crippen LogP contribution >= 0.6 is 0 Å². The molecule has 0 radical (unpaired) electrons. The average molecular weight is 468 g/mol. The van der Waals surface area contributed by atoms with Crippen LogP contribution in [0.5, 0.6) is 5.75 Å². The van der Waals surface area contributed by atoms with Crippen LogP contribution in [0.15, 0.2) is 42.5 Å². The first-order valence-corrected chi connectivity index (χ1v) is 10.8. The second-order valence-corrected chi connectivity index (χ2v) is 7.97. The van der Waals surface area contributed by atoms with Crippen molar-refractivity contribution in [3.05, 3.63) is 70.8 Å². The number of halogens is 1. The number of nitrogens with zero attached hydrogens (tertiary/aromatic N) is 2. The number of benzene rings is 2. The van der Waals surface area contributed by atoms with E-state index in [9.17, 15) is 19.1 Å². The van der Waals surface area contributed by atoms with E-state index in [1.807, 2.05) is 0 Å². The fourth-order valence-corrected chi connectivity index (χ4v) is 3.99. The Labute approximate surface area is 195 Å². The monoisotopic (exact) mass is 468 g/mol. The van der Waals surface area contributed by atoms with Gasteiger partial charge in [0.15, 0.2) is 5.69 Å². The molecule has 4 rings (SSSR count). The molecule has 0 aliphatic carbocycles. The van der Waals surface area contributed by atoms with Crippen molar-refractivity contribution in [2.24, 2.45) is 0 Å². The van der Waals surface area contributed by atoms with Crippen molar-refractivity contribution in [1.29, 1.82) is 0 Å². The highest BCUT2D eigenvalue weighted by molar-refractivity contribution is 5.97. The van der Waals surface area contributed by atoms with E-state index in [-0.39, 0.29) is 35.2 Å². The topological polar surface area (TPSA) is 129 Å². The number of carbonyl (C=O) groups is 2. The number of carboxylic acid groups (broad SMARTS) is 1. The van der Waals surface area contributed by atoms with Gasteiger partial charge in [0.1, 0.15) is 11.6 Å². The lowest BCUT2D eigenvalue weighted by Crippen LogP contribution is -2.23. The number of hydrogen-bond acceptors (Lipinski definition) is 6. The maximum Gasteiger partial charge on any atom is 0.356 e. The lowest BCUT2D eigenvalue weighted by molar-refractivity contribution is 0.0687. The molecule has 0 saturated carbocycles. The number of nitrogen functional groups attached to an aromatic ring is 1. The van der Waals surface area contributed by atoms with Crippen LogP contribution in [0.4, 0.5) is 10.1 Å². The summed E-state index contributed by atoms with van der Waals surface area (Å²) in [4.78, 5) is 24.4. The molecule has 2 heterocycles. The van der Waals surface area contributed by atoms with Crippen molar-refractivity contribution in [3.63, 3.8) is 0 Å². The predicted molar refractivity (Wildman–Crippen MR) is 122 cm³/mol. The van der Waals surface area contributed by atoms with Crippen LogP contribution in [-0.2, 0) is 11.3 Å². The van der Waals surface area contributed by atoms with Gasteiger partial charge in [-0.15, -0.1) is 0 Å². The van der Waals surface area contributed by atoms with Crippen molar-refractivity contribution >= 4 is 17.6 Å². The molecule has 9 nitrogen and oxygen atoms in total. The van der Waals surface area contributed by atoms with E-state index in [2.05, 4.69) is 10.4 Å². The molecule has 10 heteroatoms. The molecule has 3 aromatic rings. The van der Waals surface area contributed by atoms with Crippen molar-refractivity contribution in [2.45, 2.75) is 25.3 Å². The van der Waals surface area contributed by atoms with Crippen molar-refractivity contribution in [1.82, 2.24) is 15.1 Å². The van der Waals surface area contributed by atoms with Gasteiger partial charge in [-0.25, -0.2) is 13.9 Å². The molecule has 34 heavy (non-hydrogen) atoms. The summed E-state index contributed by atoms with van der Waals surface area (Å²) in [6.07, 6.45) is 1.69. The van der Waals surface area contributed by atoms with Gasteiger partial charge >= 0.3 is 5.97 Å². The summed E-state index contributed by atoms with van der Waals surface area (Å²) in [6.45, 7) is 1.30. The Morgan fingerprint density at radius 3 is 2.71 bits per heavy atom. The largest absolute Gasteiger partial charge is 0.496 e. The SMILES string of the molecule is COc1ccc(F)cc1C(=O)NCc1ccc(-n2nc(C3CCCOC3)c(N)c2C(=O)O)cc1. The molecule has 178 valence electrons. The van der Waals surface area contributed by atoms with Gasteiger partial charge in [-0.05, 0) is 48.7 Å². The summed E-state index contributed by atoms with van der Waals surface area (Å²) in [5, 5.41) is 17.0. The van der Waals surface area contributed by atoms with E-state index in [4.69, 9.17) is 15.2 Å². The number of rotatable bonds is 7. The van der Waals surface area contributed by atoms with Gasteiger partial charge in [0, 0.05) is 19.1 Å². The third kappa shape index (κ3) is 4.72. The zero-order valence-corrected chi connectivity index (χ0v) is 18.6. The number of methoxy groups -OCH3 is 1. The van der Waals surface area contributed by atoms with E-state index in [1.54, 1.807) is 24.3 Å². The third-order valence-corrected chi connectivity index (χ3v) is 5.74. The number of anilines is 1. The Hall–Kier alpha value is -3.92. The molecule has 1 aliphatic heterocycles. The first-order chi connectivity index (χ1) is 16.4. The smallest absolute Gasteiger partial charge is 0.356 e. The van der Waals surface area contributed by atoms with Gasteiger partial charge in [-0.2, -0.15) is 5.10 Å². The van der Waals surface area contributed by atoms with Gasteiger partial charge < -0.3 is 25.6 Å². The highest BCUT2D eigenvalue weighted by Gasteiger charge is 2.28. The number of nitrogens with two attached hydrogens (primary N) is 1. The highest BCUT2D eigenvalue weighted by atomic mass is 19.1. The summed E-state index contributed by atoms with van der Waals surface area (Å²) < 4.78 is 25.5. The zero-order chi connectivity index (χ0) is 24.2. The lowest BCUT2D eigenvalue weighted by Gasteiger charge is -2.20. The predicted octanol–water partition coefficient (Wildman–Crippen LogP) is 3.12. The number of hydrogen-bond donors (Lipinski definition) is 3. The Kier molecular flexibility index (Phi) is 6.78. The molecule has 1 unspecified atom stereocenters. The summed E-state index contributed by atoms with van der Waals surface area (Å²) in [7, 11) is 1.41. The number of aromatic nitrogens is 2. The second-order valence-electron chi connectivity index (χ2n) is 7.97. The number of ether oxygens (including phenoxy) is 2. The van der Waals surface area contributed by atoms with Crippen molar-refractivity contribution in [2.75, 3.05) is 26.1 Å². The molecule has 1 atom stereocenters. The number of aromatic carboxylic acids is 1. The maximum absolute atomic E-state index is 13.5. The number of nitrogens with one attached hydrogen (secondary N) is 1. The summed E-state index contributed by atoms with van der Waals surface area (Å²) in [6, 6.07) is 10.6. The minimum absolute atomic E-state index is 0.0533. The molecular formula is C24H25FN4O5. The van der Waals surface area contributed by atoms with Crippen LogP contribution in [-0.4, -0.2) is 47.1 Å². The molecule has 0 spiro atoms. The van der Waals surface area contributed by atoms with Crippen LogP contribution in [0.2, 0.25) is 0 Å². The van der Waals surface area contributed by atoms with E-state index in [0.717, 1.165) is 24.5 Å². The van der Waals surface area contributed by atoms with Gasteiger partial charge in [0.25, 0.3) is 5.91 Å². The summed E-state index contributed by atoms with van der Waals surface area (Å²) >= 11 is 0. The van der Waals surface area contributed by atoms with E-state index in [1.165, 1.54) is 23.9 Å². The fraction of sp³-hybridized carbons (Fsp3) is 0.292. The molecule has 2 aromatic carbocycles. The molecule has 0 bridgehead atoms. The quantitative estimate of drug-likeness (QED) is 0.486. The highest BCUT2D eigenvalue weighted by Crippen LogP contribution is 2.32. The normalized spacial score (nSPS) is 15.6. The van der Waals surface area contributed by atoms with E-state index < -0.39 is 17.7 Å². The lowest BCUT2D eigenvalue weighted by atomic mass is 9.97. The molecule has 1 amide bonds. The zero-order valence-electron chi connectivity index (χ0n) is 18.6. The molecule has 1 aliphatic rings. The Morgan fingerprint density at radius 2 is 2.06 bits per heavy atom. The van der Waals surface area contributed by atoms with Crippen LogP contribution in [0.3, 0.4) is 0 Å². The Balaban J connectivity index is 1.52. The van der Waals surface area contributed by atoms with Gasteiger partial charge in [-0.3, -0.25) is 4.79 Å². The minimum atomic E-state index is -1.17. The van der Waals surface area contributed by atoms with Crippen molar-refractivity contribution < 1.29 is 28.6 Å². The summed E-state index contributed by atoms with van der Waals surface area (Å²) in [5.41, 5.74) is 8.11. The van der Waals surface area contributed by atoms with Crippen LogP contribution in [0, 0.1) is 5.82 Å². The Morgan fingerprint density at radius 1 is 1.29 bits per heavy atom. The molecular weight excluding hydrogens is 443 g/mol. The third-order valence-electron chi connectivity index (χ3n) is 5.74. The second kappa shape index (κ2) is 9.92. The minimum Gasteiger partial charge on any atom is -0.496 e. The van der Waals surface area contributed by atoms with Crippen LogP contribution in [0.25, 0.3) is 5.69 Å². The fourth-order valence-electron chi connectivity index (χ4n) is 3.99. The first-order valence-electron chi connectivity index (χ1n) is 10.8. The van der Waals surface area contributed by atoms with Gasteiger partial charge in [0.05, 0.1) is 36.3 Å². The maximum atomic E-state index is 13.5. The van der Waals surface area contributed by atoms with Crippen molar-refractivity contribution in [3.8, 4) is 11.4 Å². The van der Waals surface area contributed by atoms with Crippen LogP contribution < -0.4 is 15.8 Å².